The highest BCUT2D eigenvalue weighted by Gasteiger charge is 2.14. The lowest BCUT2D eigenvalue weighted by Crippen LogP contribution is -2.35. The Morgan fingerprint density at radius 2 is 1.93 bits per heavy atom. The van der Waals surface area contributed by atoms with Crippen LogP contribution in [0.15, 0.2) is 0 Å². The standard InChI is InChI=1S/C13H26ClN/c1-2-6-12(9-10-14)11-15-13-7-4-3-5-8-13/h12-13,15H,2-11H2,1H3. The highest BCUT2D eigenvalue weighted by Crippen LogP contribution is 2.18. The van der Waals surface area contributed by atoms with Gasteiger partial charge < -0.3 is 5.32 Å². The van der Waals surface area contributed by atoms with Crippen molar-refractivity contribution in [3.05, 3.63) is 0 Å². The summed E-state index contributed by atoms with van der Waals surface area (Å²) in [7, 11) is 0. The molecule has 1 unspecified atom stereocenters. The lowest BCUT2D eigenvalue weighted by Gasteiger charge is -2.25. The Hall–Kier alpha value is 0.250. The monoisotopic (exact) mass is 231 g/mol. The topological polar surface area (TPSA) is 12.0 Å². The zero-order valence-corrected chi connectivity index (χ0v) is 10.9. The van der Waals surface area contributed by atoms with Gasteiger partial charge in [-0.1, -0.05) is 32.6 Å². The van der Waals surface area contributed by atoms with Crippen molar-refractivity contribution < 1.29 is 0 Å². The quantitative estimate of drug-likeness (QED) is 0.655. The van der Waals surface area contributed by atoms with E-state index in [1.165, 1.54) is 57.9 Å². The van der Waals surface area contributed by atoms with Crippen molar-refractivity contribution in [2.75, 3.05) is 12.4 Å². The molecule has 0 spiro atoms. The molecule has 1 nitrogen and oxygen atoms in total. The number of halogens is 1. The molecule has 0 heterocycles. The third-order valence-corrected chi connectivity index (χ3v) is 3.73. The Labute approximate surface area is 100.0 Å². The fourth-order valence-corrected chi connectivity index (χ4v) is 2.86. The minimum atomic E-state index is 0.799. The summed E-state index contributed by atoms with van der Waals surface area (Å²) in [5.41, 5.74) is 0. The largest absolute Gasteiger partial charge is 0.314 e. The molecule has 0 bridgehead atoms. The van der Waals surface area contributed by atoms with Crippen LogP contribution < -0.4 is 5.32 Å². The van der Waals surface area contributed by atoms with Gasteiger partial charge >= 0.3 is 0 Å². The summed E-state index contributed by atoms with van der Waals surface area (Å²) >= 11 is 5.83. The van der Waals surface area contributed by atoms with Crippen LogP contribution in [0.2, 0.25) is 0 Å². The average molecular weight is 232 g/mol. The van der Waals surface area contributed by atoms with Gasteiger partial charge in [0, 0.05) is 11.9 Å². The van der Waals surface area contributed by atoms with E-state index in [9.17, 15) is 0 Å². The van der Waals surface area contributed by atoms with Gasteiger partial charge in [-0.2, -0.15) is 0 Å². The zero-order valence-electron chi connectivity index (χ0n) is 10.1. The Balaban J connectivity index is 2.13. The van der Waals surface area contributed by atoms with E-state index in [0.29, 0.717) is 0 Å². The van der Waals surface area contributed by atoms with Crippen molar-refractivity contribution in [2.45, 2.75) is 64.3 Å². The van der Waals surface area contributed by atoms with Crippen LogP contribution >= 0.6 is 11.6 Å². The average Bonchev–Trinajstić information content (AvgIpc) is 2.28. The van der Waals surface area contributed by atoms with Crippen molar-refractivity contribution in [2.24, 2.45) is 5.92 Å². The molecular formula is C13H26ClN. The van der Waals surface area contributed by atoms with Crippen LogP contribution in [0.1, 0.15) is 58.3 Å². The zero-order chi connectivity index (χ0) is 10.9. The van der Waals surface area contributed by atoms with Gasteiger partial charge in [-0.05, 0) is 38.1 Å². The number of hydrogen-bond donors (Lipinski definition) is 1. The maximum Gasteiger partial charge on any atom is 0.0226 e. The van der Waals surface area contributed by atoms with Crippen molar-refractivity contribution in [1.29, 1.82) is 0 Å². The molecule has 1 atom stereocenters. The van der Waals surface area contributed by atoms with Crippen LogP contribution in [0, 0.1) is 5.92 Å². The van der Waals surface area contributed by atoms with Crippen molar-refractivity contribution in [3.8, 4) is 0 Å². The fourth-order valence-electron chi connectivity index (χ4n) is 2.55. The maximum atomic E-state index is 5.83. The first-order chi connectivity index (χ1) is 7.36. The summed E-state index contributed by atoms with van der Waals surface area (Å²) in [4.78, 5) is 0. The second kappa shape index (κ2) is 8.41. The molecule has 1 rings (SSSR count). The predicted molar refractivity (Wildman–Crippen MR) is 68.6 cm³/mol. The number of rotatable bonds is 7. The van der Waals surface area contributed by atoms with Crippen molar-refractivity contribution in [3.63, 3.8) is 0 Å². The van der Waals surface area contributed by atoms with Gasteiger partial charge in [0.15, 0.2) is 0 Å². The second-order valence-electron chi connectivity index (χ2n) is 4.88. The Morgan fingerprint density at radius 1 is 1.20 bits per heavy atom. The first kappa shape index (κ1) is 13.3. The molecule has 1 aliphatic carbocycles. The lowest BCUT2D eigenvalue weighted by molar-refractivity contribution is 0.334. The molecule has 0 radical (unpaired) electrons. The third-order valence-electron chi connectivity index (χ3n) is 3.51. The summed E-state index contributed by atoms with van der Waals surface area (Å²) in [6.07, 6.45) is 10.9. The van der Waals surface area contributed by atoms with Crippen LogP contribution in [-0.2, 0) is 0 Å². The van der Waals surface area contributed by atoms with E-state index >= 15 is 0 Å². The Kier molecular flexibility index (Phi) is 7.46. The van der Waals surface area contributed by atoms with Gasteiger partial charge in [0.05, 0.1) is 0 Å². The molecule has 15 heavy (non-hydrogen) atoms. The minimum absolute atomic E-state index is 0.799. The van der Waals surface area contributed by atoms with E-state index in [4.69, 9.17) is 11.6 Å². The highest BCUT2D eigenvalue weighted by atomic mass is 35.5. The van der Waals surface area contributed by atoms with Crippen molar-refractivity contribution >= 4 is 11.6 Å². The SMILES string of the molecule is CCCC(CCCl)CNC1CCCCC1. The fraction of sp³-hybridized carbons (Fsp3) is 1.00. The first-order valence-electron chi connectivity index (χ1n) is 6.66. The smallest absolute Gasteiger partial charge is 0.0226 e. The molecule has 90 valence electrons. The molecule has 0 aromatic heterocycles. The van der Waals surface area contributed by atoms with Gasteiger partial charge in [-0.25, -0.2) is 0 Å². The molecular weight excluding hydrogens is 206 g/mol. The summed E-state index contributed by atoms with van der Waals surface area (Å²) < 4.78 is 0. The number of hydrogen-bond acceptors (Lipinski definition) is 1. The van der Waals surface area contributed by atoms with Crippen LogP contribution in [0.25, 0.3) is 0 Å². The normalized spacial score (nSPS) is 20.4. The van der Waals surface area contributed by atoms with Crippen LogP contribution in [0.4, 0.5) is 0 Å². The predicted octanol–water partition coefficient (Wildman–Crippen LogP) is 3.95. The van der Waals surface area contributed by atoms with Crippen molar-refractivity contribution in [1.82, 2.24) is 5.32 Å². The summed E-state index contributed by atoms with van der Waals surface area (Å²) in [5.74, 6) is 1.62. The van der Waals surface area contributed by atoms with Gasteiger partial charge in [0.1, 0.15) is 0 Å². The number of alkyl halides is 1. The van der Waals surface area contributed by atoms with E-state index in [1.807, 2.05) is 0 Å². The summed E-state index contributed by atoms with van der Waals surface area (Å²) in [6, 6.07) is 0.799. The minimum Gasteiger partial charge on any atom is -0.314 e. The van der Waals surface area contributed by atoms with E-state index in [-0.39, 0.29) is 0 Å². The highest BCUT2D eigenvalue weighted by molar-refractivity contribution is 6.17. The summed E-state index contributed by atoms with van der Waals surface area (Å²) in [6.45, 7) is 3.45. The second-order valence-corrected chi connectivity index (χ2v) is 5.25. The van der Waals surface area contributed by atoms with Crippen LogP contribution in [0.5, 0.6) is 0 Å². The van der Waals surface area contributed by atoms with E-state index in [0.717, 1.165) is 17.8 Å². The molecule has 2 heteroatoms. The molecule has 1 aliphatic rings. The molecule has 1 saturated carbocycles. The molecule has 0 amide bonds. The maximum absolute atomic E-state index is 5.83. The van der Waals surface area contributed by atoms with Gasteiger partial charge in [0.2, 0.25) is 0 Å². The lowest BCUT2D eigenvalue weighted by atomic mass is 9.94. The van der Waals surface area contributed by atoms with Crippen LogP contribution in [0.3, 0.4) is 0 Å². The van der Waals surface area contributed by atoms with E-state index in [1.54, 1.807) is 0 Å². The van der Waals surface area contributed by atoms with Gasteiger partial charge in [-0.3, -0.25) is 0 Å². The summed E-state index contributed by atoms with van der Waals surface area (Å²) in [5, 5.41) is 3.73. The number of nitrogens with one attached hydrogen (secondary N) is 1. The van der Waals surface area contributed by atoms with Gasteiger partial charge in [0.25, 0.3) is 0 Å². The molecule has 0 saturated heterocycles. The van der Waals surface area contributed by atoms with Gasteiger partial charge in [-0.15, -0.1) is 11.6 Å². The van der Waals surface area contributed by atoms with E-state index < -0.39 is 0 Å². The third kappa shape index (κ3) is 5.77. The molecule has 1 N–H and O–H groups in total. The molecule has 1 fully saturated rings. The molecule has 0 aliphatic heterocycles. The molecule has 0 aromatic rings. The Morgan fingerprint density at radius 3 is 2.53 bits per heavy atom. The van der Waals surface area contributed by atoms with E-state index in [2.05, 4.69) is 12.2 Å². The Bertz CT molecular complexity index is 137. The molecule has 0 aromatic carbocycles. The first-order valence-corrected chi connectivity index (χ1v) is 7.19. The van der Waals surface area contributed by atoms with Crippen LogP contribution in [-0.4, -0.2) is 18.5 Å².